The monoisotopic (exact) mass is 288 g/mol. The zero-order valence-electron chi connectivity index (χ0n) is 11.1. The lowest BCUT2D eigenvalue weighted by molar-refractivity contribution is 0.509. The van der Waals surface area contributed by atoms with Crippen LogP contribution < -0.4 is 4.72 Å². The van der Waals surface area contributed by atoms with Crippen LogP contribution in [0.3, 0.4) is 0 Å². The van der Waals surface area contributed by atoms with E-state index in [0.29, 0.717) is 5.88 Å². The number of nitrogens with zero attached hydrogens (tertiary/aromatic N) is 1. The van der Waals surface area contributed by atoms with Gasteiger partial charge in [0.2, 0.25) is 0 Å². The van der Waals surface area contributed by atoms with Crippen molar-refractivity contribution in [1.29, 1.82) is 0 Å². The van der Waals surface area contributed by atoms with E-state index in [1.54, 1.807) is 6.20 Å². The highest BCUT2D eigenvalue weighted by Gasteiger charge is 2.29. The Morgan fingerprint density at radius 2 is 2.22 bits per heavy atom. The normalized spacial score (nSPS) is 15.4. The Balaban J connectivity index is 2.73. The molecule has 0 amide bonds. The van der Waals surface area contributed by atoms with E-state index >= 15 is 0 Å². The number of nitrogens with one attached hydrogen (secondary N) is 1. The Hall–Kier alpha value is -0.290. The molecule has 0 saturated heterocycles. The maximum atomic E-state index is 12.2. The highest BCUT2D eigenvalue weighted by atomic mass is 35.5. The third-order valence-electron chi connectivity index (χ3n) is 2.52. The second kappa shape index (κ2) is 7.34. The van der Waals surface area contributed by atoms with Crippen LogP contribution in [0.4, 0.5) is 0 Å². The quantitative estimate of drug-likeness (QED) is 0.646. The van der Waals surface area contributed by atoms with E-state index in [-0.39, 0.29) is 10.8 Å². The summed E-state index contributed by atoms with van der Waals surface area (Å²) >= 11 is 4.65. The zero-order valence-corrected chi connectivity index (χ0v) is 12.7. The van der Waals surface area contributed by atoms with Crippen molar-refractivity contribution < 1.29 is 4.55 Å². The van der Waals surface area contributed by atoms with Crippen LogP contribution in [0.25, 0.3) is 0 Å². The summed E-state index contributed by atoms with van der Waals surface area (Å²) in [6.45, 7) is 5.87. The molecule has 1 aromatic heterocycles. The maximum absolute atomic E-state index is 12.2. The van der Waals surface area contributed by atoms with Gasteiger partial charge in [-0.3, -0.25) is 4.98 Å². The predicted octanol–water partition coefficient (Wildman–Crippen LogP) is 3.19. The first-order valence-electron chi connectivity index (χ1n) is 6.09. The van der Waals surface area contributed by atoms with Crippen LogP contribution >= 0.6 is 11.6 Å². The summed E-state index contributed by atoms with van der Waals surface area (Å²) in [6, 6.07) is 3.93. The first-order chi connectivity index (χ1) is 8.45. The number of aromatic nitrogens is 1. The van der Waals surface area contributed by atoms with E-state index in [4.69, 9.17) is 11.6 Å². The lowest BCUT2D eigenvalue weighted by Crippen LogP contribution is -2.41. The molecule has 0 spiro atoms. The van der Waals surface area contributed by atoms with Crippen LogP contribution in [0.1, 0.15) is 45.2 Å². The summed E-state index contributed by atoms with van der Waals surface area (Å²) in [5.41, 5.74) is 1.06. The van der Waals surface area contributed by atoms with Crippen LogP contribution in [0.5, 0.6) is 0 Å². The third kappa shape index (κ3) is 5.14. The van der Waals surface area contributed by atoms with Gasteiger partial charge in [0.15, 0.2) is 0 Å². The van der Waals surface area contributed by atoms with E-state index in [1.165, 1.54) is 0 Å². The van der Waals surface area contributed by atoms with Gasteiger partial charge in [-0.2, -0.15) is 0 Å². The lowest BCUT2D eigenvalue weighted by atomic mass is 10.1. The Morgan fingerprint density at radius 3 is 2.72 bits per heavy atom. The van der Waals surface area contributed by atoms with E-state index in [1.807, 2.05) is 39.1 Å². The van der Waals surface area contributed by atoms with Gasteiger partial charge >= 0.3 is 0 Å². The number of halogens is 1. The second-order valence-electron chi connectivity index (χ2n) is 5.17. The van der Waals surface area contributed by atoms with Crippen molar-refractivity contribution in [3.05, 3.63) is 30.1 Å². The molecule has 0 aliphatic heterocycles. The molecule has 18 heavy (non-hydrogen) atoms. The fraction of sp³-hybridized carbons (Fsp3) is 0.615. The minimum Gasteiger partial charge on any atom is -0.598 e. The molecule has 1 heterocycles. The molecule has 2 atom stereocenters. The summed E-state index contributed by atoms with van der Waals surface area (Å²) in [6.07, 6.45) is 5.29. The SMILES string of the molecule is CC(C)(C)[S@@+]([O-])NC(CCCCl)c1cccnc1. The summed E-state index contributed by atoms with van der Waals surface area (Å²) in [4.78, 5) is 4.11. The minimum atomic E-state index is -1.09. The number of pyridine rings is 1. The molecule has 0 aliphatic carbocycles. The number of alkyl halides is 1. The van der Waals surface area contributed by atoms with Crippen LogP contribution in [0.15, 0.2) is 24.5 Å². The molecule has 102 valence electrons. The molecule has 0 aliphatic rings. The molecule has 0 saturated carbocycles. The van der Waals surface area contributed by atoms with Gasteiger partial charge in [0, 0.05) is 29.6 Å². The summed E-state index contributed by atoms with van der Waals surface area (Å²) < 4.78 is 15.1. The van der Waals surface area contributed by atoms with Gasteiger partial charge in [0.1, 0.15) is 4.75 Å². The fourth-order valence-corrected chi connectivity index (χ4v) is 2.48. The highest BCUT2D eigenvalue weighted by molar-refractivity contribution is 7.90. The Bertz CT molecular complexity index is 343. The van der Waals surface area contributed by atoms with Gasteiger partial charge in [0.05, 0.1) is 6.04 Å². The van der Waals surface area contributed by atoms with Crippen LogP contribution in [0, 0.1) is 0 Å². The smallest absolute Gasteiger partial charge is 0.136 e. The molecule has 0 aromatic carbocycles. The predicted molar refractivity (Wildman–Crippen MR) is 78.0 cm³/mol. The van der Waals surface area contributed by atoms with Crippen molar-refractivity contribution in [2.24, 2.45) is 0 Å². The van der Waals surface area contributed by atoms with Gasteiger partial charge in [-0.15, -0.1) is 16.3 Å². The van der Waals surface area contributed by atoms with Crippen LogP contribution in [-0.2, 0) is 11.4 Å². The van der Waals surface area contributed by atoms with Crippen molar-refractivity contribution >= 4 is 23.0 Å². The highest BCUT2D eigenvalue weighted by Crippen LogP contribution is 2.23. The molecule has 5 heteroatoms. The molecular formula is C13H21ClN2OS. The molecule has 3 nitrogen and oxygen atoms in total. The third-order valence-corrected chi connectivity index (χ3v) is 4.40. The van der Waals surface area contributed by atoms with Crippen molar-refractivity contribution in [1.82, 2.24) is 9.71 Å². The molecule has 1 rings (SSSR count). The molecule has 1 aromatic rings. The number of hydrogen-bond donors (Lipinski definition) is 1. The molecule has 1 unspecified atom stereocenters. The van der Waals surface area contributed by atoms with Crippen molar-refractivity contribution in [3.63, 3.8) is 0 Å². The fourth-order valence-electron chi connectivity index (χ4n) is 1.46. The van der Waals surface area contributed by atoms with Crippen molar-refractivity contribution in [3.8, 4) is 0 Å². The topological polar surface area (TPSA) is 48.0 Å². The molecule has 0 fully saturated rings. The van der Waals surface area contributed by atoms with E-state index in [9.17, 15) is 4.55 Å². The largest absolute Gasteiger partial charge is 0.598 e. The Kier molecular flexibility index (Phi) is 6.43. The summed E-state index contributed by atoms with van der Waals surface area (Å²) in [5.74, 6) is 0.612. The Labute approximate surface area is 118 Å². The van der Waals surface area contributed by atoms with Crippen LogP contribution in [-0.4, -0.2) is 20.2 Å². The lowest BCUT2D eigenvalue weighted by Gasteiger charge is -2.28. The van der Waals surface area contributed by atoms with Crippen LogP contribution in [0.2, 0.25) is 0 Å². The van der Waals surface area contributed by atoms with Crippen molar-refractivity contribution in [2.75, 3.05) is 5.88 Å². The first kappa shape index (κ1) is 15.8. The molecular weight excluding hydrogens is 268 g/mol. The standard InChI is InChI=1S/C13H21ClN2OS/c1-13(2,3)18(17)16-12(7-4-8-14)11-6-5-9-15-10-11/h5-6,9-10,12,16H,4,7-8H2,1-3H3/t12?,18-/m1/s1. The van der Waals surface area contributed by atoms with Gasteiger partial charge < -0.3 is 4.55 Å². The average Bonchev–Trinajstić information content (AvgIpc) is 2.34. The Morgan fingerprint density at radius 1 is 1.50 bits per heavy atom. The molecule has 0 radical (unpaired) electrons. The van der Waals surface area contributed by atoms with E-state index in [0.717, 1.165) is 18.4 Å². The van der Waals surface area contributed by atoms with Gasteiger partial charge in [-0.25, -0.2) is 0 Å². The second-order valence-corrected chi connectivity index (χ2v) is 7.54. The van der Waals surface area contributed by atoms with E-state index < -0.39 is 11.4 Å². The number of hydrogen-bond acceptors (Lipinski definition) is 3. The molecule has 1 N–H and O–H groups in total. The summed E-state index contributed by atoms with van der Waals surface area (Å²) in [7, 11) is 0. The van der Waals surface area contributed by atoms with Gasteiger partial charge in [0.25, 0.3) is 0 Å². The van der Waals surface area contributed by atoms with Crippen molar-refractivity contribution in [2.45, 2.75) is 44.4 Å². The maximum Gasteiger partial charge on any atom is 0.136 e. The summed E-state index contributed by atoms with van der Waals surface area (Å²) in [5, 5.41) is 0. The van der Waals surface area contributed by atoms with Gasteiger partial charge in [-0.1, -0.05) is 6.07 Å². The molecule has 0 bridgehead atoms. The first-order valence-corrected chi connectivity index (χ1v) is 7.77. The zero-order chi connectivity index (χ0) is 13.6. The van der Waals surface area contributed by atoms with Gasteiger partial charge in [-0.05, 0) is 45.2 Å². The number of rotatable bonds is 6. The average molecular weight is 289 g/mol. The minimum absolute atomic E-state index is 0.0394. The van der Waals surface area contributed by atoms with E-state index in [2.05, 4.69) is 9.71 Å².